The van der Waals surface area contributed by atoms with Gasteiger partial charge in [0.1, 0.15) is 0 Å². The third-order valence-corrected chi connectivity index (χ3v) is 6.72. The Labute approximate surface area is 143 Å². The summed E-state index contributed by atoms with van der Waals surface area (Å²) in [6.45, 7) is 2.67. The molecule has 7 nitrogen and oxygen atoms in total. The second-order valence-electron chi connectivity index (χ2n) is 6.42. The number of nitrogens with zero attached hydrogens (tertiary/aromatic N) is 3. The maximum absolute atomic E-state index is 12.0. The van der Waals surface area contributed by atoms with Crippen LogP contribution in [-0.2, 0) is 15.6 Å². The van der Waals surface area contributed by atoms with Crippen molar-refractivity contribution in [2.24, 2.45) is 5.73 Å². The molecule has 1 aliphatic heterocycles. The highest BCUT2D eigenvalue weighted by molar-refractivity contribution is 7.89. The van der Waals surface area contributed by atoms with Crippen LogP contribution in [0, 0.1) is 0 Å². The fourth-order valence-electron chi connectivity index (χ4n) is 3.41. The van der Waals surface area contributed by atoms with Crippen molar-refractivity contribution in [2.75, 3.05) is 18.8 Å². The van der Waals surface area contributed by atoms with Crippen LogP contribution < -0.4 is 5.73 Å². The Kier molecular flexibility index (Phi) is 5.71. The van der Waals surface area contributed by atoms with Crippen molar-refractivity contribution < 1.29 is 12.9 Å². The summed E-state index contributed by atoms with van der Waals surface area (Å²) < 4.78 is 31.0. The average Bonchev–Trinajstić information content (AvgIpc) is 3.17. The third-order valence-electron chi connectivity index (χ3n) is 4.87. The van der Waals surface area contributed by atoms with Crippen molar-refractivity contribution in [1.29, 1.82) is 0 Å². The minimum Gasteiger partial charge on any atom is -0.339 e. The van der Waals surface area contributed by atoms with Crippen LogP contribution in [0.5, 0.6) is 0 Å². The van der Waals surface area contributed by atoms with E-state index in [-0.39, 0.29) is 24.1 Å². The van der Waals surface area contributed by atoms with Gasteiger partial charge < -0.3 is 10.3 Å². The summed E-state index contributed by atoms with van der Waals surface area (Å²) in [5.41, 5.74) is 5.88. The number of aromatic nitrogens is 2. The van der Waals surface area contributed by atoms with Crippen LogP contribution in [0.25, 0.3) is 0 Å². The van der Waals surface area contributed by atoms with Gasteiger partial charge in [0.15, 0.2) is 5.82 Å². The van der Waals surface area contributed by atoms with E-state index in [0.29, 0.717) is 24.8 Å². The summed E-state index contributed by atoms with van der Waals surface area (Å²) in [6.07, 6.45) is 5.63. The molecule has 2 heterocycles. The quantitative estimate of drug-likeness (QED) is 0.873. The Balaban J connectivity index is 0.00000192. The van der Waals surface area contributed by atoms with Gasteiger partial charge in [-0.1, -0.05) is 18.0 Å². The Morgan fingerprint density at radius 2 is 2.04 bits per heavy atom. The van der Waals surface area contributed by atoms with Crippen molar-refractivity contribution in [3.05, 3.63) is 11.7 Å². The fourth-order valence-corrected chi connectivity index (χ4v) is 4.59. The zero-order valence-electron chi connectivity index (χ0n) is 13.4. The average molecular weight is 365 g/mol. The predicted octanol–water partition coefficient (Wildman–Crippen LogP) is 1.75. The molecule has 2 N–H and O–H groups in total. The first-order chi connectivity index (χ1) is 10.4. The van der Waals surface area contributed by atoms with Crippen LogP contribution in [0.1, 0.15) is 63.1 Å². The lowest BCUT2D eigenvalue weighted by Gasteiger charge is -2.29. The van der Waals surface area contributed by atoms with Crippen LogP contribution in [0.4, 0.5) is 0 Å². The zero-order chi connectivity index (χ0) is 15.8. The molecule has 0 spiro atoms. The first kappa shape index (κ1) is 18.6. The minimum absolute atomic E-state index is 0. The van der Waals surface area contributed by atoms with E-state index in [1.165, 1.54) is 0 Å². The van der Waals surface area contributed by atoms with Gasteiger partial charge in [-0.05, 0) is 32.6 Å². The molecule has 0 amide bonds. The van der Waals surface area contributed by atoms with E-state index in [0.717, 1.165) is 38.5 Å². The molecule has 132 valence electrons. The first-order valence-electron chi connectivity index (χ1n) is 8.05. The lowest BCUT2D eigenvalue weighted by atomic mass is 9.97. The van der Waals surface area contributed by atoms with Gasteiger partial charge in [-0.25, -0.2) is 12.7 Å². The molecule has 1 aromatic rings. The lowest BCUT2D eigenvalue weighted by molar-refractivity contribution is 0.264. The van der Waals surface area contributed by atoms with Gasteiger partial charge in [0.25, 0.3) is 0 Å². The Morgan fingerprint density at radius 1 is 1.35 bits per heavy atom. The molecule has 9 heteroatoms. The molecule has 3 rings (SSSR count). The molecule has 1 saturated carbocycles. The summed E-state index contributed by atoms with van der Waals surface area (Å²) in [6, 6.07) is 0. The molecule has 0 bridgehead atoms. The van der Waals surface area contributed by atoms with Crippen molar-refractivity contribution in [2.45, 2.75) is 56.9 Å². The molecule has 1 aromatic heterocycles. The lowest BCUT2D eigenvalue weighted by Crippen LogP contribution is -2.40. The van der Waals surface area contributed by atoms with E-state index < -0.39 is 15.6 Å². The zero-order valence-corrected chi connectivity index (χ0v) is 15.0. The van der Waals surface area contributed by atoms with E-state index >= 15 is 0 Å². The summed E-state index contributed by atoms with van der Waals surface area (Å²) in [4.78, 5) is 4.51. The molecule has 1 aliphatic carbocycles. The van der Waals surface area contributed by atoms with E-state index in [4.69, 9.17) is 10.3 Å². The normalized spacial score (nSPS) is 25.2. The number of piperidine rings is 1. The number of rotatable bonds is 4. The maximum atomic E-state index is 12.0. The van der Waals surface area contributed by atoms with E-state index in [1.54, 1.807) is 11.2 Å². The predicted molar refractivity (Wildman–Crippen MR) is 88.9 cm³/mol. The largest absolute Gasteiger partial charge is 0.339 e. The SMILES string of the molecule is CCS(=O)(=O)N1CCCC(c2nc(C3(N)CCCC3)no2)C1.Cl. The van der Waals surface area contributed by atoms with E-state index in [9.17, 15) is 8.42 Å². The Hall–Kier alpha value is -0.700. The Bertz CT molecular complexity index is 628. The summed E-state index contributed by atoms with van der Waals surface area (Å²) in [5, 5.41) is 4.07. The van der Waals surface area contributed by atoms with Gasteiger partial charge in [-0.2, -0.15) is 4.98 Å². The molecule has 2 fully saturated rings. The molecule has 1 atom stereocenters. The molecule has 23 heavy (non-hydrogen) atoms. The highest BCUT2D eigenvalue weighted by atomic mass is 35.5. The summed E-state index contributed by atoms with van der Waals surface area (Å²) in [7, 11) is -3.16. The van der Waals surface area contributed by atoms with Crippen molar-refractivity contribution in [3.63, 3.8) is 0 Å². The van der Waals surface area contributed by atoms with Crippen LogP contribution in [0.3, 0.4) is 0 Å². The highest BCUT2D eigenvalue weighted by Crippen LogP contribution is 2.36. The summed E-state index contributed by atoms with van der Waals surface area (Å²) in [5.74, 6) is 1.21. The maximum Gasteiger partial charge on any atom is 0.231 e. The second kappa shape index (κ2) is 7.04. The van der Waals surface area contributed by atoms with Gasteiger partial charge in [-0.15, -0.1) is 12.4 Å². The van der Waals surface area contributed by atoms with Gasteiger partial charge in [-0.3, -0.25) is 0 Å². The van der Waals surface area contributed by atoms with Gasteiger partial charge in [0.05, 0.1) is 17.2 Å². The topological polar surface area (TPSA) is 102 Å². The summed E-state index contributed by atoms with van der Waals surface area (Å²) >= 11 is 0. The van der Waals surface area contributed by atoms with Crippen molar-refractivity contribution in [3.8, 4) is 0 Å². The molecule has 1 saturated heterocycles. The molecule has 0 radical (unpaired) electrons. The second-order valence-corrected chi connectivity index (χ2v) is 8.67. The monoisotopic (exact) mass is 364 g/mol. The molecule has 0 aromatic carbocycles. The van der Waals surface area contributed by atoms with Gasteiger partial charge >= 0.3 is 0 Å². The van der Waals surface area contributed by atoms with Gasteiger partial charge in [0, 0.05) is 13.1 Å². The molecule has 2 aliphatic rings. The molecular formula is C14H25ClN4O3S. The van der Waals surface area contributed by atoms with Gasteiger partial charge in [0.2, 0.25) is 15.9 Å². The minimum atomic E-state index is -3.16. The number of halogens is 1. The number of hydrogen-bond donors (Lipinski definition) is 1. The van der Waals surface area contributed by atoms with E-state index in [2.05, 4.69) is 10.1 Å². The van der Waals surface area contributed by atoms with Crippen LogP contribution in [0.2, 0.25) is 0 Å². The number of sulfonamides is 1. The standard InChI is InChI=1S/C14H24N4O3S.ClH/c1-2-22(19,20)18-9-5-6-11(10-18)12-16-13(17-21-12)14(15)7-3-4-8-14;/h11H,2-10,15H2,1H3;1H. The third kappa shape index (κ3) is 3.70. The Morgan fingerprint density at radius 3 is 2.70 bits per heavy atom. The van der Waals surface area contributed by atoms with Crippen molar-refractivity contribution >= 4 is 22.4 Å². The van der Waals surface area contributed by atoms with E-state index in [1.807, 2.05) is 0 Å². The van der Waals surface area contributed by atoms with Crippen LogP contribution >= 0.6 is 12.4 Å². The number of nitrogens with two attached hydrogens (primary N) is 1. The fraction of sp³-hybridized carbons (Fsp3) is 0.857. The number of hydrogen-bond acceptors (Lipinski definition) is 6. The van der Waals surface area contributed by atoms with Crippen LogP contribution in [-0.4, -0.2) is 41.7 Å². The molecular weight excluding hydrogens is 340 g/mol. The molecule has 1 unspecified atom stereocenters. The van der Waals surface area contributed by atoms with Crippen molar-refractivity contribution in [1.82, 2.24) is 14.4 Å². The highest BCUT2D eigenvalue weighted by Gasteiger charge is 2.38. The smallest absolute Gasteiger partial charge is 0.231 e. The van der Waals surface area contributed by atoms with Crippen LogP contribution in [0.15, 0.2) is 4.52 Å². The first-order valence-corrected chi connectivity index (χ1v) is 9.66.